The summed E-state index contributed by atoms with van der Waals surface area (Å²) in [5.41, 5.74) is 12.8. The van der Waals surface area contributed by atoms with E-state index in [1.165, 1.54) is 34.9 Å². The lowest BCUT2D eigenvalue weighted by Crippen LogP contribution is -2.52. The topological polar surface area (TPSA) is 103 Å². The molecule has 1 aliphatic rings. The normalized spacial score (nSPS) is 18.9. The lowest BCUT2D eigenvalue weighted by atomic mass is 10.1. The van der Waals surface area contributed by atoms with E-state index in [0.717, 1.165) is 12.1 Å². The molecule has 11 heteroatoms. The summed E-state index contributed by atoms with van der Waals surface area (Å²) >= 11 is 0. The number of alkyl halides is 2. The first kappa shape index (κ1) is 19.7. The van der Waals surface area contributed by atoms with E-state index in [4.69, 9.17) is 11.5 Å². The van der Waals surface area contributed by atoms with Crippen molar-refractivity contribution >= 4 is 22.7 Å². The van der Waals surface area contributed by atoms with E-state index in [2.05, 4.69) is 20.0 Å². The summed E-state index contributed by atoms with van der Waals surface area (Å²) in [5, 5.41) is 2.96. The van der Waals surface area contributed by atoms with Gasteiger partial charge in [0.1, 0.15) is 34.6 Å². The smallest absolute Gasteiger partial charge is 0.387 e. The van der Waals surface area contributed by atoms with Gasteiger partial charge in [-0.25, -0.2) is 18.8 Å². The molecule has 0 radical (unpaired) electrons. The highest BCUT2D eigenvalue weighted by Gasteiger charge is 2.32. The first-order valence-electron chi connectivity index (χ1n) is 8.70. The number of aromatic nitrogens is 2. The van der Waals surface area contributed by atoms with Crippen LogP contribution < -0.4 is 21.5 Å². The predicted molar refractivity (Wildman–Crippen MR) is 102 cm³/mol. The summed E-state index contributed by atoms with van der Waals surface area (Å²) in [6, 6.07) is 7.36. The Morgan fingerprint density at radius 3 is 2.53 bits per heavy atom. The quantitative estimate of drug-likeness (QED) is 0.563. The molecule has 0 saturated heterocycles. The maximum atomic E-state index is 14.5. The first-order chi connectivity index (χ1) is 14.2. The van der Waals surface area contributed by atoms with Crippen molar-refractivity contribution in [1.29, 1.82) is 0 Å². The van der Waals surface area contributed by atoms with Crippen LogP contribution in [0, 0.1) is 18.6 Å². The van der Waals surface area contributed by atoms with Gasteiger partial charge < -0.3 is 15.8 Å². The average molecular weight is 420 g/mol. The second-order valence-corrected chi connectivity index (χ2v) is 6.61. The molecule has 0 saturated carbocycles. The van der Waals surface area contributed by atoms with Gasteiger partial charge in [-0.15, -0.1) is 0 Å². The van der Waals surface area contributed by atoms with E-state index in [-0.39, 0.29) is 28.4 Å². The van der Waals surface area contributed by atoms with Crippen LogP contribution in [0.4, 0.5) is 17.6 Å². The Bertz CT molecular complexity index is 1190. The van der Waals surface area contributed by atoms with Crippen molar-refractivity contribution in [3.8, 4) is 5.75 Å². The molecular formula is C19H16F4N6O. The number of hydrogen-bond acceptors (Lipinski definition) is 6. The summed E-state index contributed by atoms with van der Waals surface area (Å²) in [6.07, 6.45) is 1.43. The third-order valence-electron chi connectivity index (χ3n) is 4.51. The average Bonchev–Trinajstić information content (AvgIpc) is 2.97. The fourth-order valence-corrected chi connectivity index (χ4v) is 3.32. The third kappa shape index (κ3) is 3.43. The lowest BCUT2D eigenvalue weighted by Gasteiger charge is -2.33. The van der Waals surface area contributed by atoms with Crippen molar-refractivity contribution in [2.75, 3.05) is 0 Å². The van der Waals surface area contributed by atoms with E-state index in [1.807, 2.05) is 0 Å². The Labute approximate surface area is 167 Å². The second-order valence-electron chi connectivity index (χ2n) is 6.61. The zero-order valence-electron chi connectivity index (χ0n) is 15.5. The van der Waals surface area contributed by atoms with Crippen molar-refractivity contribution in [3.05, 3.63) is 65.5 Å². The summed E-state index contributed by atoms with van der Waals surface area (Å²) in [7, 11) is 0. The summed E-state index contributed by atoms with van der Waals surface area (Å²) in [6.45, 7) is -1.35. The molecule has 0 bridgehead atoms. The molecule has 5 N–H and O–H groups in total. The number of halogens is 4. The molecule has 1 atom stereocenters. The molecule has 0 fully saturated rings. The number of fused-ring (bicyclic) bond motifs is 1. The van der Waals surface area contributed by atoms with Gasteiger partial charge >= 0.3 is 6.61 Å². The van der Waals surface area contributed by atoms with Crippen LogP contribution in [0.25, 0.3) is 16.9 Å². The molecule has 3 aromatic rings. The van der Waals surface area contributed by atoms with E-state index >= 15 is 0 Å². The Morgan fingerprint density at radius 1 is 1.17 bits per heavy atom. The lowest BCUT2D eigenvalue weighted by molar-refractivity contribution is -0.0498. The van der Waals surface area contributed by atoms with Gasteiger partial charge in [0, 0.05) is 23.8 Å². The van der Waals surface area contributed by atoms with Crippen LogP contribution >= 0.6 is 0 Å². The number of benzene rings is 2. The number of nitrogens with zero attached hydrogens (tertiary/aromatic N) is 3. The number of rotatable bonds is 4. The molecule has 30 heavy (non-hydrogen) atoms. The Hall–Kier alpha value is -3.60. The summed E-state index contributed by atoms with van der Waals surface area (Å²) in [4.78, 5) is 8.38. The molecule has 2 heterocycles. The minimum atomic E-state index is -2.96. The number of nitrogens with one attached hydrogen (secondary N) is 1. The Kier molecular flexibility index (Phi) is 4.61. The fourth-order valence-electron chi connectivity index (χ4n) is 3.32. The zero-order valence-corrected chi connectivity index (χ0v) is 15.5. The van der Waals surface area contributed by atoms with Crippen LogP contribution in [0.1, 0.15) is 11.4 Å². The van der Waals surface area contributed by atoms with Crippen LogP contribution in [-0.4, -0.2) is 22.0 Å². The van der Waals surface area contributed by atoms with Gasteiger partial charge in [-0.1, -0.05) is 0 Å². The number of amidine groups is 1. The predicted octanol–water partition coefficient (Wildman–Crippen LogP) is 2.75. The molecule has 0 spiro atoms. The highest BCUT2D eigenvalue weighted by molar-refractivity contribution is 5.98. The zero-order chi connectivity index (χ0) is 21.6. The Balaban J connectivity index is 1.76. The standard InChI is InChI=1S/C19H16F4N6O/c1-9-26-14-7-11(20)6-13(21)17(14)29(9)16-8-15(24)27-19(25,28-16)10-2-4-12(5-3-10)30-18(22)23/h2-8,18,28H,25H2,1H3,(H2,24,27). The molecule has 4 rings (SSSR count). The Morgan fingerprint density at radius 2 is 1.87 bits per heavy atom. The number of aryl methyl sites for hydroxylation is 1. The minimum absolute atomic E-state index is 0.0305. The molecule has 156 valence electrons. The highest BCUT2D eigenvalue weighted by atomic mass is 19.3. The van der Waals surface area contributed by atoms with Crippen LogP contribution in [0.15, 0.2) is 47.5 Å². The van der Waals surface area contributed by atoms with Crippen molar-refractivity contribution in [3.63, 3.8) is 0 Å². The molecule has 2 aromatic carbocycles. The van der Waals surface area contributed by atoms with Crippen LogP contribution in [0.3, 0.4) is 0 Å². The van der Waals surface area contributed by atoms with Gasteiger partial charge in [0.05, 0.1) is 5.52 Å². The van der Waals surface area contributed by atoms with E-state index in [0.29, 0.717) is 11.4 Å². The molecule has 7 nitrogen and oxygen atoms in total. The van der Waals surface area contributed by atoms with Crippen molar-refractivity contribution in [2.45, 2.75) is 19.3 Å². The monoisotopic (exact) mass is 420 g/mol. The second kappa shape index (κ2) is 7.02. The van der Waals surface area contributed by atoms with Gasteiger partial charge in [-0.05, 0) is 31.2 Å². The number of imidazole rings is 1. The molecule has 0 aliphatic carbocycles. The number of aliphatic imine (C=N–C) groups is 1. The third-order valence-corrected chi connectivity index (χ3v) is 4.51. The van der Waals surface area contributed by atoms with Crippen molar-refractivity contribution < 1.29 is 22.3 Å². The molecular weight excluding hydrogens is 404 g/mol. The maximum absolute atomic E-state index is 14.5. The van der Waals surface area contributed by atoms with E-state index in [9.17, 15) is 17.6 Å². The molecule has 1 aromatic heterocycles. The van der Waals surface area contributed by atoms with Crippen molar-refractivity contribution in [2.24, 2.45) is 16.5 Å². The maximum Gasteiger partial charge on any atom is 0.387 e. The molecule has 0 amide bonds. The van der Waals surface area contributed by atoms with Crippen LogP contribution in [-0.2, 0) is 5.79 Å². The fraction of sp³-hybridized carbons (Fsp3) is 0.158. The van der Waals surface area contributed by atoms with E-state index in [1.54, 1.807) is 6.92 Å². The summed E-state index contributed by atoms with van der Waals surface area (Å²) in [5.74, 6) is -2.57. The molecule has 1 aliphatic heterocycles. The summed E-state index contributed by atoms with van der Waals surface area (Å²) < 4.78 is 58.5. The molecule has 1 unspecified atom stereocenters. The first-order valence-corrected chi connectivity index (χ1v) is 8.70. The van der Waals surface area contributed by atoms with Gasteiger partial charge in [0.25, 0.3) is 0 Å². The van der Waals surface area contributed by atoms with Gasteiger partial charge in [-0.3, -0.25) is 10.3 Å². The number of ether oxygens (including phenoxy) is 1. The van der Waals surface area contributed by atoms with Gasteiger partial charge in [-0.2, -0.15) is 8.78 Å². The number of hydrogen-bond donors (Lipinski definition) is 3. The number of nitrogens with two attached hydrogens (primary N) is 2. The minimum Gasteiger partial charge on any atom is -0.435 e. The van der Waals surface area contributed by atoms with Crippen LogP contribution in [0.2, 0.25) is 0 Å². The van der Waals surface area contributed by atoms with Gasteiger partial charge in [0.15, 0.2) is 5.82 Å². The van der Waals surface area contributed by atoms with E-state index < -0.39 is 24.0 Å². The van der Waals surface area contributed by atoms with Crippen LogP contribution in [0.5, 0.6) is 5.75 Å². The van der Waals surface area contributed by atoms with Gasteiger partial charge in [0.2, 0.25) is 5.79 Å². The highest BCUT2D eigenvalue weighted by Crippen LogP contribution is 2.29. The van der Waals surface area contributed by atoms with Crippen molar-refractivity contribution in [1.82, 2.24) is 14.9 Å². The largest absolute Gasteiger partial charge is 0.435 e. The SMILES string of the molecule is Cc1nc2cc(F)cc(F)c2n1C1=CC(N)=NC(N)(c2ccc(OC(F)F)cc2)N1.